The van der Waals surface area contributed by atoms with Gasteiger partial charge < -0.3 is 9.88 Å². The first kappa shape index (κ1) is 11.6. The quantitative estimate of drug-likeness (QED) is 0.751. The summed E-state index contributed by atoms with van der Waals surface area (Å²) in [5.74, 6) is 0. The summed E-state index contributed by atoms with van der Waals surface area (Å²) in [4.78, 5) is 0. The molecule has 2 aromatic carbocycles. The summed E-state index contributed by atoms with van der Waals surface area (Å²) in [6, 6.07) is 14.5. The number of anilines is 1. The molecule has 0 saturated heterocycles. The molecule has 0 saturated carbocycles. The van der Waals surface area contributed by atoms with E-state index in [1.54, 1.807) is 0 Å². The zero-order chi connectivity index (χ0) is 13.4. The van der Waals surface area contributed by atoms with Crippen LogP contribution < -0.4 is 5.32 Å². The fraction of sp³-hybridized carbons (Fsp3) is 0.188. The van der Waals surface area contributed by atoms with Crippen LogP contribution in [-0.2, 0) is 6.54 Å². The SMILES string of the molecule is CCn1c2ccc(C#N)cc2c2cc(NC)ccc21. The van der Waals surface area contributed by atoms with Crippen LogP contribution in [0.15, 0.2) is 36.4 Å². The van der Waals surface area contributed by atoms with Gasteiger partial charge in [0.25, 0.3) is 0 Å². The lowest BCUT2D eigenvalue weighted by atomic mass is 10.1. The number of hydrogen-bond acceptors (Lipinski definition) is 2. The Morgan fingerprint density at radius 3 is 2.42 bits per heavy atom. The van der Waals surface area contributed by atoms with Crippen molar-refractivity contribution < 1.29 is 0 Å². The topological polar surface area (TPSA) is 40.8 Å². The summed E-state index contributed by atoms with van der Waals surface area (Å²) in [7, 11) is 1.92. The number of hydrogen-bond donors (Lipinski definition) is 1. The molecule has 1 aromatic heterocycles. The molecule has 1 N–H and O–H groups in total. The molecule has 3 nitrogen and oxygen atoms in total. The molecule has 1 heterocycles. The van der Waals surface area contributed by atoms with Crippen molar-refractivity contribution in [2.45, 2.75) is 13.5 Å². The van der Waals surface area contributed by atoms with Crippen LogP contribution in [0.25, 0.3) is 21.8 Å². The van der Waals surface area contributed by atoms with Crippen LogP contribution in [0, 0.1) is 11.3 Å². The summed E-state index contributed by atoms with van der Waals surface area (Å²) in [6.45, 7) is 3.06. The largest absolute Gasteiger partial charge is 0.388 e. The maximum Gasteiger partial charge on any atom is 0.0991 e. The van der Waals surface area contributed by atoms with Gasteiger partial charge in [-0.05, 0) is 43.3 Å². The summed E-state index contributed by atoms with van der Waals surface area (Å²) in [5.41, 5.74) is 4.19. The van der Waals surface area contributed by atoms with Gasteiger partial charge in [-0.2, -0.15) is 5.26 Å². The molecule has 0 aliphatic rings. The van der Waals surface area contributed by atoms with Crippen LogP contribution in [0.4, 0.5) is 5.69 Å². The molecule has 0 spiro atoms. The number of aromatic nitrogens is 1. The highest BCUT2D eigenvalue weighted by Gasteiger charge is 2.10. The van der Waals surface area contributed by atoms with Crippen molar-refractivity contribution in [1.29, 1.82) is 5.26 Å². The Hall–Kier alpha value is -2.47. The molecule has 0 radical (unpaired) electrons. The highest BCUT2D eigenvalue weighted by molar-refractivity contribution is 6.09. The minimum Gasteiger partial charge on any atom is -0.388 e. The van der Waals surface area contributed by atoms with Gasteiger partial charge in [-0.1, -0.05) is 0 Å². The number of nitrogens with zero attached hydrogens (tertiary/aromatic N) is 2. The summed E-state index contributed by atoms with van der Waals surface area (Å²) >= 11 is 0. The van der Waals surface area contributed by atoms with E-state index in [9.17, 15) is 0 Å². The van der Waals surface area contributed by atoms with E-state index in [2.05, 4.69) is 41.1 Å². The van der Waals surface area contributed by atoms with E-state index in [-0.39, 0.29) is 0 Å². The Kier molecular flexibility index (Phi) is 2.64. The zero-order valence-electron chi connectivity index (χ0n) is 11.1. The molecule has 3 heteroatoms. The molecule has 0 amide bonds. The van der Waals surface area contributed by atoms with Gasteiger partial charge in [-0.15, -0.1) is 0 Å². The van der Waals surface area contributed by atoms with Gasteiger partial charge in [0.1, 0.15) is 0 Å². The van der Waals surface area contributed by atoms with Gasteiger partial charge in [0.2, 0.25) is 0 Å². The van der Waals surface area contributed by atoms with Crippen molar-refractivity contribution in [2.75, 3.05) is 12.4 Å². The number of aryl methyl sites for hydroxylation is 1. The Bertz CT molecular complexity index is 806. The molecule has 0 aliphatic carbocycles. The Morgan fingerprint density at radius 1 is 1.11 bits per heavy atom. The van der Waals surface area contributed by atoms with Crippen LogP contribution in [0.1, 0.15) is 12.5 Å². The number of rotatable bonds is 2. The second-order valence-electron chi connectivity index (χ2n) is 4.57. The molecular weight excluding hydrogens is 234 g/mol. The second kappa shape index (κ2) is 4.33. The van der Waals surface area contributed by atoms with E-state index in [0.717, 1.165) is 17.6 Å². The van der Waals surface area contributed by atoms with Crippen molar-refractivity contribution in [2.24, 2.45) is 0 Å². The fourth-order valence-electron chi connectivity index (χ4n) is 2.67. The molecule has 94 valence electrons. The van der Waals surface area contributed by atoms with Gasteiger partial charge in [0.05, 0.1) is 11.6 Å². The first-order valence-electron chi connectivity index (χ1n) is 6.42. The molecule has 0 fully saturated rings. The third kappa shape index (κ3) is 1.65. The van der Waals surface area contributed by atoms with E-state index in [4.69, 9.17) is 5.26 Å². The van der Waals surface area contributed by atoms with Gasteiger partial charge in [-0.25, -0.2) is 0 Å². The number of fused-ring (bicyclic) bond motifs is 3. The maximum absolute atomic E-state index is 9.06. The van der Waals surface area contributed by atoms with Gasteiger partial charge in [0, 0.05) is 41.1 Å². The smallest absolute Gasteiger partial charge is 0.0991 e. The highest BCUT2D eigenvalue weighted by Crippen LogP contribution is 2.31. The Morgan fingerprint density at radius 2 is 1.79 bits per heavy atom. The Balaban J connectivity index is 2.48. The third-order valence-electron chi connectivity index (χ3n) is 3.60. The van der Waals surface area contributed by atoms with Crippen LogP contribution in [-0.4, -0.2) is 11.6 Å². The predicted molar refractivity (Wildman–Crippen MR) is 79.4 cm³/mol. The first-order chi connectivity index (χ1) is 9.28. The van der Waals surface area contributed by atoms with Crippen LogP contribution in [0.3, 0.4) is 0 Å². The average molecular weight is 249 g/mol. The standard InChI is InChI=1S/C16H15N3/c1-3-19-15-6-4-11(10-17)8-13(15)14-9-12(18-2)5-7-16(14)19/h4-9,18H,3H2,1-2H3. The molecule has 0 aliphatic heterocycles. The predicted octanol–water partition coefficient (Wildman–Crippen LogP) is 3.73. The van der Waals surface area contributed by atoms with E-state index < -0.39 is 0 Å². The molecule has 0 bridgehead atoms. The number of nitriles is 1. The monoisotopic (exact) mass is 249 g/mol. The highest BCUT2D eigenvalue weighted by atomic mass is 15.0. The van der Waals surface area contributed by atoms with Gasteiger partial charge in [-0.3, -0.25) is 0 Å². The number of nitrogens with one attached hydrogen (secondary N) is 1. The second-order valence-corrected chi connectivity index (χ2v) is 4.57. The van der Waals surface area contributed by atoms with Gasteiger partial charge >= 0.3 is 0 Å². The van der Waals surface area contributed by atoms with Crippen LogP contribution in [0.5, 0.6) is 0 Å². The molecule has 3 rings (SSSR count). The third-order valence-corrected chi connectivity index (χ3v) is 3.60. The minimum absolute atomic E-state index is 0.706. The molecule has 19 heavy (non-hydrogen) atoms. The Labute approximate surface area is 112 Å². The van der Waals surface area contributed by atoms with Crippen LogP contribution >= 0.6 is 0 Å². The van der Waals surface area contributed by atoms with Crippen molar-refractivity contribution >= 4 is 27.5 Å². The minimum atomic E-state index is 0.706. The lowest BCUT2D eigenvalue weighted by Gasteiger charge is -2.03. The van der Waals surface area contributed by atoms with E-state index >= 15 is 0 Å². The van der Waals surface area contributed by atoms with Crippen molar-refractivity contribution in [3.63, 3.8) is 0 Å². The van der Waals surface area contributed by atoms with Gasteiger partial charge in [0.15, 0.2) is 0 Å². The van der Waals surface area contributed by atoms with E-state index in [1.807, 2.05) is 25.2 Å². The van der Waals surface area contributed by atoms with E-state index in [1.165, 1.54) is 16.4 Å². The summed E-state index contributed by atoms with van der Waals surface area (Å²) in [6.07, 6.45) is 0. The lowest BCUT2D eigenvalue weighted by molar-refractivity contribution is 0.827. The zero-order valence-corrected chi connectivity index (χ0v) is 11.1. The maximum atomic E-state index is 9.06. The summed E-state index contributed by atoms with van der Waals surface area (Å²) < 4.78 is 2.28. The van der Waals surface area contributed by atoms with Crippen molar-refractivity contribution in [1.82, 2.24) is 4.57 Å². The van der Waals surface area contributed by atoms with Crippen molar-refractivity contribution in [3.05, 3.63) is 42.0 Å². The fourth-order valence-corrected chi connectivity index (χ4v) is 2.67. The lowest BCUT2D eigenvalue weighted by Crippen LogP contribution is -1.93. The normalized spacial score (nSPS) is 10.8. The molecule has 3 aromatic rings. The van der Waals surface area contributed by atoms with Crippen molar-refractivity contribution in [3.8, 4) is 6.07 Å². The average Bonchev–Trinajstić information content (AvgIpc) is 2.79. The van der Waals surface area contributed by atoms with E-state index in [0.29, 0.717) is 5.56 Å². The molecule has 0 unspecified atom stereocenters. The number of benzene rings is 2. The first-order valence-corrected chi connectivity index (χ1v) is 6.42. The summed E-state index contributed by atoms with van der Waals surface area (Å²) in [5, 5.41) is 14.6. The molecular formula is C16H15N3. The van der Waals surface area contributed by atoms with Crippen LogP contribution in [0.2, 0.25) is 0 Å². The molecule has 0 atom stereocenters.